The monoisotopic (exact) mass is 469 g/mol. The number of anilines is 2. The zero-order valence-corrected chi connectivity index (χ0v) is 17.8. The van der Waals surface area contributed by atoms with Crippen molar-refractivity contribution in [1.29, 1.82) is 0 Å². The van der Waals surface area contributed by atoms with Gasteiger partial charge in [-0.15, -0.1) is 4.80 Å². The van der Waals surface area contributed by atoms with E-state index >= 15 is 0 Å². The lowest BCUT2D eigenvalue weighted by Crippen LogP contribution is -2.14. The maximum absolute atomic E-state index is 15.0. The minimum absolute atomic E-state index is 0.0292. The van der Waals surface area contributed by atoms with Gasteiger partial charge in [-0.2, -0.15) is 10.2 Å². The van der Waals surface area contributed by atoms with E-state index in [1.807, 2.05) is 0 Å². The molecule has 32 heavy (non-hydrogen) atoms. The lowest BCUT2D eigenvalue weighted by molar-refractivity contribution is 0.102. The van der Waals surface area contributed by atoms with Crippen molar-refractivity contribution in [3.8, 4) is 16.9 Å². The third kappa shape index (κ3) is 4.03. The number of hydrogen-bond acceptors (Lipinski definition) is 6. The van der Waals surface area contributed by atoms with Gasteiger partial charge in [-0.25, -0.2) is 9.37 Å². The molecule has 4 aromatic rings. The first kappa shape index (κ1) is 21.4. The molecule has 0 aliphatic heterocycles. The maximum atomic E-state index is 15.0. The van der Waals surface area contributed by atoms with Crippen LogP contribution in [0.1, 0.15) is 15.9 Å². The standard InChI is InChI=1S/C21H14Cl2FN7O/c1-2-11-8-26-10-18(25)19(11)14-6-15(22)13(7-17(14)24)21(32)30-12-5-16(23)20(27-9-12)31-28-3-4-29-31/h2-10H,1,25H2,(H,30,32). The minimum Gasteiger partial charge on any atom is -0.397 e. The molecule has 3 N–H and O–H groups in total. The van der Waals surface area contributed by atoms with Gasteiger partial charge in [0.2, 0.25) is 0 Å². The molecule has 0 bridgehead atoms. The Hall–Kier alpha value is -3.82. The number of carbonyl (C=O) groups excluding carboxylic acids is 1. The highest BCUT2D eigenvalue weighted by Gasteiger charge is 2.19. The van der Waals surface area contributed by atoms with Gasteiger partial charge in [0.1, 0.15) is 5.82 Å². The van der Waals surface area contributed by atoms with Gasteiger partial charge in [0, 0.05) is 22.9 Å². The maximum Gasteiger partial charge on any atom is 0.257 e. The third-order valence-electron chi connectivity index (χ3n) is 4.48. The van der Waals surface area contributed by atoms with E-state index in [0.717, 1.165) is 6.07 Å². The molecule has 1 aromatic carbocycles. The molecule has 0 aliphatic rings. The van der Waals surface area contributed by atoms with Gasteiger partial charge in [-0.1, -0.05) is 35.9 Å². The lowest BCUT2D eigenvalue weighted by atomic mass is 9.98. The van der Waals surface area contributed by atoms with E-state index in [1.54, 1.807) is 0 Å². The zero-order chi connectivity index (χ0) is 22.8. The summed E-state index contributed by atoms with van der Waals surface area (Å²) < 4.78 is 15.0. The smallest absolute Gasteiger partial charge is 0.257 e. The van der Waals surface area contributed by atoms with Crippen LogP contribution in [-0.4, -0.2) is 30.9 Å². The largest absolute Gasteiger partial charge is 0.397 e. The van der Waals surface area contributed by atoms with E-state index in [0.29, 0.717) is 11.1 Å². The van der Waals surface area contributed by atoms with Crippen molar-refractivity contribution in [1.82, 2.24) is 25.0 Å². The van der Waals surface area contributed by atoms with Gasteiger partial charge in [0.25, 0.3) is 5.91 Å². The Bertz CT molecular complexity index is 1340. The molecule has 0 spiro atoms. The summed E-state index contributed by atoms with van der Waals surface area (Å²) in [7, 11) is 0. The van der Waals surface area contributed by atoms with Crippen molar-refractivity contribution in [2.75, 3.05) is 11.1 Å². The minimum atomic E-state index is -0.684. The Balaban J connectivity index is 1.64. The van der Waals surface area contributed by atoms with Crippen LogP contribution in [0, 0.1) is 5.82 Å². The number of benzene rings is 1. The number of carbonyl (C=O) groups is 1. The molecule has 0 atom stereocenters. The number of nitrogens with one attached hydrogen (secondary N) is 1. The van der Waals surface area contributed by atoms with Crippen LogP contribution in [0.5, 0.6) is 0 Å². The molecule has 0 fully saturated rings. The zero-order valence-electron chi connectivity index (χ0n) is 16.3. The SMILES string of the molecule is C=Cc1cncc(N)c1-c1cc(Cl)c(C(=O)Nc2cnc(-n3nccn3)c(Cl)c2)cc1F. The molecule has 1 amide bonds. The number of rotatable bonds is 5. The quantitative estimate of drug-likeness (QED) is 0.439. The highest BCUT2D eigenvalue weighted by atomic mass is 35.5. The molecule has 3 aromatic heterocycles. The van der Waals surface area contributed by atoms with Gasteiger partial charge < -0.3 is 11.1 Å². The summed E-state index contributed by atoms with van der Waals surface area (Å²) in [4.78, 5) is 22.1. The Kier molecular flexibility index (Phi) is 5.85. The van der Waals surface area contributed by atoms with E-state index in [2.05, 4.69) is 32.1 Å². The van der Waals surface area contributed by atoms with Crippen LogP contribution in [0.3, 0.4) is 0 Å². The number of nitrogen functional groups attached to an aromatic ring is 1. The van der Waals surface area contributed by atoms with Crippen LogP contribution in [0.4, 0.5) is 15.8 Å². The van der Waals surface area contributed by atoms with Crippen molar-refractivity contribution in [2.45, 2.75) is 0 Å². The second-order valence-corrected chi connectivity index (χ2v) is 7.33. The van der Waals surface area contributed by atoms with Crippen molar-refractivity contribution in [2.24, 2.45) is 0 Å². The molecule has 4 rings (SSSR count). The second kappa shape index (κ2) is 8.74. The van der Waals surface area contributed by atoms with Crippen LogP contribution in [0.2, 0.25) is 10.0 Å². The average Bonchev–Trinajstić information content (AvgIpc) is 3.29. The molecule has 0 saturated carbocycles. The van der Waals surface area contributed by atoms with Gasteiger partial charge in [0.15, 0.2) is 5.82 Å². The highest BCUT2D eigenvalue weighted by molar-refractivity contribution is 6.35. The van der Waals surface area contributed by atoms with Gasteiger partial charge in [-0.3, -0.25) is 9.78 Å². The summed E-state index contributed by atoms with van der Waals surface area (Å²) in [6, 6.07) is 3.84. The normalized spacial score (nSPS) is 10.7. The summed E-state index contributed by atoms with van der Waals surface area (Å²) >= 11 is 12.5. The van der Waals surface area contributed by atoms with Crippen LogP contribution in [0.15, 0.2) is 55.8 Å². The van der Waals surface area contributed by atoms with E-state index < -0.39 is 11.7 Å². The molecule has 3 heterocycles. The number of halogens is 3. The number of nitrogens with two attached hydrogens (primary N) is 1. The van der Waals surface area contributed by atoms with E-state index in [9.17, 15) is 9.18 Å². The Morgan fingerprint density at radius 2 is 1.88 bits per heavy atom. The topological polar surface area (TPSA) is 112 Å². The number of aromatic nitrogens is 5. The van der Waals surface area contributed by atoms with Gasteiger partial charge >= 0.3 is 0 Å². The Labute approximate surface area is 191 Å². The summed E-state index contributed by atoms with van der Waals surface area (Å²) in [5.74, 6) is -1.04. The van der Waals surface area contributed by atoms with Crippen molar-refractivity contribution >= 4 is 46.6 Å². The Morgan fingerprint density at radius 3 is 2.56 bits per heavy atom. The number of nitrogens with zero attached hydrogens (tertiary/aromatic N) is 5. The predicted octanol–water partition coefficient (Wildman–Crippen LogP) is 4.65. The Morgan fingerprint density at radius 1 is 1.12 bits per heavy atom. The van der Waals surface area contributed by atoms with Crippen molar-refractivity contribution in [3.63, 3.8) is 0 Å². The fourth-order valence-electron chi connectivity index (χ4n) is 3.04. The van der Waals surface area contributed by atoms with Crippen LogP contribution >= 0.6 is 23.2 Å². The number of pyridine rings is 2. The lowest BCUT2D eigenvalue weighted by Gasteiger charge is -2.13. The summed E-state index contributed by atoms with van der Waals surface area (Å²) in [6.45, 7) is 3.69. The number of hydrogen-bond donors (Lipinski definition) is 2. The molecule has 0 aliphatic carbocycles. The third-order valence-corrected chi connectivity index (χ3v) is 5.07. The highest BCUT2D eigenvalue weighted by Crippen LogP contribution is 2.35. The molecule has 0 unspecified atom stereocenters. The summed E-state index contributed by atoms with van der Waals surface area (Å²) in [6.07, 6.45) is 8.74. The molecule has 0 radical (unpaired) electrons. The van der Waals surface area contributed by atoms with Gasteiger partial charge in [0.05, 0.1) is 51.8 Å². The first-order chi connectivity index (χ1) is 15.4. The molecule has 0 saturated heterocycles. The first-order valence-corrected chi connectivity index (χ1v) is 9.83. The van der Waals surface area contributed by atoms with Crippen LogP contribution < -0.4 is 11.1 Å². The van der Waals surface area contributed by atoms with Crippen molar-refractivity contribution in [3.05, 3.63) is 82.8 Å². The number of amides is 1. The molecular formula is C21H14Cl2FN7O. The predicted molar refractivity (Wildman–Crippen MR) is 121 cm³/mol. The molecular weight excluding hydrogens is 456 g/mol. The van der Waals surface area contributed by atoms with Crippen molar-refractivity contribution < 1.29 is 9.18 Å². The molecule has 11 heteroatoms. The van der Waals surface area contributed by atoms with E-state index in [-0.39, 0.29) is 38.4 Å². The van der Waals surface area contributed by atoms with E-state index in [1.165, 1.54) is 54.0 Å². The van der Waals surface area contributed by atoms with E-state index in [4.69, 9.17) is 28.9 Å². The fourth-order valence-corrected chi connectivity index (χ4v) is 3.53. The summed E-state index contributed by atoms with van der Waals surface area (Å²) in [5, 5.41) is 10.7. The molecule has 8 nitrogen and oxygen atoms in total. The average molecular weight is 470 g/mol. The van der Waals surface area contributed by atoms with Crippen LogP contribution in [-0.2, 0) is 0 Å². The van der Waals surface area contributed by atoms with Gasteiger partial charge in [-0.05, 0) is 18.2 Å². The van der Waals surface area contributed by atoms with Crippen LogP contribution in [0.25, 0.3) is 23.0 Å². The second-order valence-electron chi connectivity index (χ2n) is 6.51. The first-order valence-electron chi connectivity index (χ1n) is 9.08. The summed E-state index contributed by atoms with van der Waals surface area (Å²) in [5.41, 5.74) is 7.49. The fraction of sp³-hybridized carbons (Fsp3) is 0. The molecule has 160 valence electrons.